The first-order chi connectivity index (χ1) is 12.3. The average molecular weight is 463 g/mol. The summed E-state index contributed by atoms with van der Waals surface area (Å²) in [5.74, 6) is -2.60. The van der Waals surface area contributed by atoms with Crippen molar-refractivity contribution in [3.8, 4) is 0 Å². The van der Waals surface area contributed by atoms with Crippen molar-refractivity contribution < 1.29 is 19.4 Å². The summed E-state index contributed by atoms with van der Waals surface area (Å²) >= 11 is 15.7. The molecular weight excluding hydrogens is 445 g/mol. The number of aliphatic carboxylic acids is 1. The van der Waals surface area contributed by atoms with E-state index in [0.29, 0.717) is 28.7 Å². The third kappa shape index (κ3) is 4.24. The summed E-state index contributed by atoms with van der Waals surface area (Å²) in [7, 11) is 0. The maximum atomic E-state index is 12.7. The predicted octanol–water partition coefficient (Wildman–Crippen LogP) is 4.64. The lowest BCUT2D eigenvalue weighted by Gasteiger charge is -2.30. The van der Waals surface area contributed by atoms with E-state index in [1.807, 2.05) is 0 Å². The number of nitrogens with one attached hydrogen (secondary N) is 1. The lowest BCUT2D eigenvalue weighted by Crippen LogP contribution is -2.32. The number of benzene rings is 1. The number of hydrogen-bond acceptors (Lipinski definition) is 4. The van der Waals surface area contributed by atoms with Crippen LogP contribution in [-0.2, 0) is 14.3 Å². The Morgan fingerprint density at radius 3 is 2.50 bits per heavy atom. The zero-order valence-electron chi connectivity index (χ0n) is 14.2. The van der Waals surface area contributed by atoms with E-state index in [9.17, 15) is 14.7 Å². The Balaban J connectivity index is 2.60. The van der Waals surface area contributed by atoms with E-state index < -0.39 is 17.9 Å². The third-order valence-corrected chi connectivity index (χ3v) is 5.41. The molecule has 0 aliphatic carbocycles. The summed E-state index contributed by atoms with van der Waals surface area (Å²) in [6.07, 6.45) is 0.648. The number of esters is 1. The highest BCUT2D eigenvalue weighted by molar-refractivity contribution is 9.09. The van der Waals surface area contributed by atoms with Crippen molar-refractivity contribution in [2.24, 2.45) is 0 Å². The van der Waals surface area contributed by atoms with E-state index in [1.165, 1.54) is 0 Å². The number of dihydropyridines is 1. The summed E-state index contributed by atoms with van der Waals surface area (Å²) in [6.45, 7) is 3.57. The van der Waals surface area contributed by atoms with Crippen LogP contribution in [-0.4, -0.2) is 29.0 Å². The van der Waals surface area contributed by atoms with Crippen molar-refractivity contribution >= 4 is 51.1 Å². The van der Waals surface area contributed by atoms with Gasteiger partial charge in [0, 0.05) is 16.7 Å². The normalized spacial score (nSPS) is 17.2. The highest BCUT2D eigenvalue weighted by Gasteiger charge is 2.38. The van der Waals surface area contributed by atoms with Crippen molar-refractivity contribution in [3.63, 3.8) is 0 Å². The molecular formula is C18H18BrCl2NO4. The quantitative estimate of drug-likeness (QED) is 0.366. The fourth-order valence-corrected chi connectivity index (χ4v) is 3.55. The summed E-state index contributed by atoms with van der Waals surface area (Å²) in [5.41, 5.74) is 1.66. The van der Waals surface area contributed by atoms with Crippen LogP contribution in [0.25, 0.3) is 0 Å². The molecule has 1 aliphatic rings. The predicted molar refractivity (Wildman–Crippen MR) is 105 cm³/mol. The first kappa shape index (κ1) is 20.8. The SMILES string of the molecule is CC1=C(C(=O)O)C(c2cccc(Cl)c2Cl)C(C(=O)OCCCBr)=C(C)N1. The molecule has 0 fully saturated rings. The van der Waals surface area contributed by atoms with Gasteiger partial charge >= 0.3 is 11.9 Å². The molecule has 2 rings (SSSR count). The number of hydrogen-bond donors (Lipinski definition) is 2. The molecule has 1 aromatic rings. The molecule has 8 heteroatoms. The number of allylic oxidation sites excluding steroid dienone is 2. The molecule has 5 nitrogen and oxygen atoms in total. The summed E-state index contributed by atoms with van der Waals surface area (Å²) in [5, 5.41) is 13.9. The van der Waals surface area contributed by atoms with Gasteiger partial charge in [0.1, 0.15) is 0 Å². The van der Waals surface area contributed by atoms with Crippen LogP contribution in [0.3, 0.4) is 0 Å². The number of carbonyl (C=O) groups is 2. The van der Waals surface area contributed by atoms with E-state index in [-0.39, 0.29) is 27.8 Å². The monoisotopic (exact) mass is 461 g/mol. The van der Waals surface area contributed by atoms with Gasteiger partial charge in [-0.25, -0.2) is 9.59 Å². The van der Waals surface area contributed by atoms with Gasteiger partial charge in [0.15, 0.2) is 0 Å². The molecule has 2 N–H and O–H groups in total. The van der Waals surface area contributed by atoms with Gasteiger partial charge < -0.3 is 15.2 Å². The van der Waals surface area contributed by atoms with Gasteiger partial charge in [-0.05, 0) is 31.9 Å². The molecule has 0 bridgehead atoms. The Hall–Kier alpha value is -1.50. The van der Waals surface area contributed by atoms with E-state index >= 15 is 0 Å². The average Bonchev–Trinajstić information content (AvgIpc) is 2.56. The molecule has 140 valence electrons. The molecule has 1 atom stereocenters. The highest BCUT2D eigenvalue weighted by atomic mass is 79.9. The van der Waals surface area contributed by atoms with E-state index in [1.54, 1.807) is 32.0 Å². The molecule has 0 spiro atoms. The number of carboxylic acids is 1. The Bertz CT molecular complexity index is 804. The van der Waals surface area contributed by atoms with Gasteiger partial charge in [-0.1, -0.05) is 51.3 Å². The molecule has 0 amide bonds. The maximum Gasteiger partial charge on any atom is 0.336 e. The molecule has 0 saturated carbocycles. The summed E-state index contributed by atoms with van der Waals surface area (Å²) in [4.78, 5) is 24.6. The maximum absolute atomic E-state index is 12.7. The minimum Gasteiger partial charge on any atom is -0.478 e. The molecule has 1 aromatic carbocycles. The number of alkyl halides is 1. The van der Waals surface area contributed by atoms with Crippen LogP contribution in [0.5, 0.6) is 0 Å². The summed E-state index contributed by atoms with van der Waals surface area (Å²) in [6, 6.07) is 4.94. The smallest absolute Gasteiger partial charge is 0.336 e. The van der Waals surface area contributed by atoms with Crippen molar-refractivity contribution in [1.29, 1.82) is 0 Å². The first-order valence-corrected chi connectivity index (χ1v) is 9.76. The number of halogens is 3. The zero-order chi connectivity index (χ0) is 19.4. The Morgan fingerprint density at radius 2 is 1.88 bits per heavy atom. The molecule has 26 heavy (non-hydrogen) atoms. The number of carbonyl (C=O) groups excluding carboxylic acids is 1. The van der Waals surface area contributed by atoms with E-state index in [2.05, 4.69) is 21.2 Å². The Labute approximate surface area is 170 Å². The Morgan fingerprint density at radius 1 is 1.23 bits per heavy atom. The fourth-order valence-electron chi connectivity index (χ4n) is 2.90. The standard InChI is InChI=1S/C18H18BrCl2NO4/c1-9-13(17(23)24)15(11-5-3-6-12(20)16(11)21)14(10(2)22-9)18(25)26-8-4-7-19/h3,5-6,15,22H,4,7-8H2,1-2H3,(H,23,24). The third-order valence-electron chi connectivity index (χ3n) is 4.01. The van der Waals surface area contributed by atoms with E-state index in [4.69, 9.17) is 27.9 Å². The van der Waals surface area contributed by atoms with Gasteiger partial charge in [0.05, 0.1) is 33.7 Å². The van der Waals surface area contributed by atoms with Gasteiger partial charge in [-0.2, -0.15) is 0 Å². The largest absolute Gasteiger partial charge is 0.478 e. The topological polar surface area (TPSA) is 75.6 Å². The molecule has 0 saturated heterocycles. The van der Waals surface area contributed by atoms with E-state index in [0.717, 1.165) is 0 Å². The second-order valence-corrected chi connectivity index (χ2v) is 7.34. The van der Waals surface area contributed by atoms with Crippen molar-refractivity contribution in [2.45, 2.75) is 26.2 Å². The first-order valence-electron chi connectivity index (χ1n) is 7.88. The number of rotatable bonds is 6. The van der Waals surface area contributed by atoms with Crippen LogP contribution in [0.4, 0.5) is 0 Å². The lowest BCUT2D eigenvalue weighted by atomic mass is 9.80. The van der Waals surface area contributed by atoms with Crippen LogP contribution in [0.15, 0.2) is 40.7 Å². The van der Waals surface area contributed by atoms with Gasteiger partial charge in [0.2, 0.25) is 0 Å². The zero-order valence-corrected chi connectivity index (χ0v) is 17.3. The molecule has 0 aromatic heterocycles. The summed E-state index contributed by atoms with van der Waals surface area (Å²) < 4.78 is 5.32. The second kappa shape index (κ2) is 8.93. The molecule has 1 unspecified atom stereocenters. The number of ether oxygens (including phenoxy) is 1. The van der Waals surface area contributed by atoms with Crippen LogP contribution in [0, 0.1) is 0 Å². The molecule has 0 radical (unpaired) electrons. The molecule has 1 heterocycles. The van der Waals surface area contributed by atoms with Crippen LogP contribution in [0.1, 0.15) is 31.7 Å². The van der Waals surface area contributed by atoms with Crippen molar-refractivity contribution in [1.82, 2.24) is 5.32 Å². The van der Waals surface area contributed by atoms with Crippen LogP contribution in [0.2, 0.25) is 10.0 Å². The Kier molecular flexibility index (Phi) is 7.15. The highest BCUT2D eigenvalue weighted by Crippen LogP contribution is 2.43. The molecule has 1 aliphatic heterocycles. The van der Waals surface area contributed by atoms with Crippen LogP contribution >= 0.6 is 39.1 Å². The second-order valence-electron chi connectivity index (χ2n) is 5.76. The minimum absolute atomic E-state index is 0.0345. The van der Waals surface area contributed by atoms with Gasteiger partial charge in [0.25, 0.3) is 0 Å². The van der Waals surface area contributed by atoms with Crippen LogP contribution < -0.4 is 5.32 Å². The van der Waals surface area contributed by atoms with Gasteiger partial charge in [-0.15, -0.1) is 0 Å². The fraction of sp³-hybridized carbons (Fsp3) is 0.333. The van der Waals surface area contributed by atoms with Crippen molar-refractivity contribution in [2.75, 3.05) is 11.9 Å². The lowest BCUT2D eigenvalue weighted by molar-refractivity contribution is -0.139. The number of carboxylic acid groups (broad SMARTS) is 1. The minimum atomic E-state index is -1.14. The van der Waals surface area contributed by atoms with Gasteiger partial charge in [-0.3, -0.25) is 0 Å². The van der Waals surface area contributed by atoms with Crippen molar-refractivity contribution in [3.05, 3.63) is 56.3 Å².